The van der Waals surface area contributed by atoms with Crippen molar-refractivity contribution in [3.8, 4) is 82.0 Å². The van der Waals surface area contributed by atoms with E-state index in [-0.39, 0.29) is 6.29 Å². The summed E-state index contributed by atoms with van der Waals surface area (Å²) in [4.78, 5) is 9.86. The first-order valence-corrected chi connectivity index (χ1v) is 27.8. The summed E-state index contributed by atoms with van der Waals surface area (Å²) in [7, 11) is 0. The van der Waals surface area contributed by atoms with Crippen LogP contribution in [0.5, 0.6) is 0 Å². The molecule has 1 saturated heterocycles. The Morgan fingerprint density at radius 2 is 0.855 bits per heavy atom. The van der Waals surface area contributed by atoms with Crippen LogP contribution in [0, 0.1) is 48.4 Å². The number of hydrogen-bond donors (Lipinski definition) is 0. The van der Waals surface area contributed by atoms with Gasteiger partial charge in [-0.1, -0.05) is 126 Å². The van der Waals surface area contributed by atoms with Crippen LogP contribution in [0.15, 0.2) is 109 Å². The normalized spacial score (nSPS) is 13.0. The van der Waals surface area contributed by atoms with E-state index in [2.05, 4.69) is 117 Å². The van der Waals surface area contributed by atoms with Gasteiger partial charge >= 0.3 is 0 Å². The molecule has 6 aromatic rings. The minimum absolute atomic E-state index is 0.211. The maximum atomic E-state index is 6.27. The third-order valence-electron chi connectivity index (χ3n) is 13.3. The largest absolute Gasteiger partial charge is 0.377 e. The first kappa shape index (κ1) is 56.9. The molecule has 1 fully saturated rings. The van der Waals surface area contributed by atoms with Crippen molar-refractivity contribution in [2.24, 2.45) is 0 Å². The van der Waals surface area contributed by atoms with Gasteiger partial charge in [0.15, 0.2) is 6.29 Å². The van der Waals surface area contributed by atoms with Gasteiger partial charge in [0.2, 0.25) is 0 Å². The molecule has 7 rings (SSSR count). The van der Waals surface area contributed by atoms with Crippen molar-refractivity contribution in [1.82, 2.24) is 9.97 Å². The van der Waals surface area contributed by atoms with Crippen molar-refractivity contribution in [3.63, 3.8) is 0 Å². The summed E-state index contributed by atoms with van der Waals surface area (Å²) >= 11 is 0. The van der Waals surface area contributed by atoms with Gasteiger partial charge in [-0.15, -0.1) is 12.8 Å². The summed E-state index contributed by atoms with van der Waals surface area (Å²) in [5.74, 6) is 19.3. The zero-order valence-electron chi connectivity index (χ0n) is 45.3. The molecule has 0 bridgehead atoms. The molecule has 1 aliphatic rings. The Morgan fingerprint density at radius 3 is 1.24 bits per heavy atom. The van der Waals surface area contributed by atoms with E-state index >= 15 is 0 Å². The molecule has 2 aromatic heterocycles. The zero-order chi connectivity index (χ0) is 53.0. The standard InChI is InChI=1S/C69H76N2O5/c1-6-11-14-18-31-72-49-59-37-53(9-4)35-55(39-59)23-25-57-41-61(51-74-33-20-16-13-8-3)45-65(43-57)63-27-29-67(70-47-63)68-30-28-64(48-71-68)66-44-58(42-62(46-66)52-76-69-22-17-21-34-75-69)26-24-56-36-54(10-5)38-60(40-56)50-73-32-19-15-12-7-2/h4-5,27-30,35-48,69H,6-8,11-22,31-34,49-52H2,1-3H3. The fourth-order valence-electron chi connectivity index (χ4n) is 9.11. The van der Waals surface area contributed by atoms with Crippen molar-refractivity contribution in [2.75, 3.05) is 26.4 Å². The van der Waals surface area contributed by atoms with Gasteiger partial charge in [-0.25, -0.2) is 0 Å². The monoisotopic (exact) mass is 1010 g/mol. The van der Waals surface area contributed by atoms with Crippen molar-refractivity contribution in [2.45, 2.75) is 150 Å². The molecule has 392 valence electrons. The average Bonchev–Trinajstić information content (AvgIpc) is 3.46. The van der Waals surface area contributed by atoms with Crippen molar-refractivity contribution < 1.29 is 23.7 Å². The molecule has 7 heteroatoms. The SMILES string of the molecule is C#Cc1cc(C#Cc2cc(COCCCCCC)cc(-c3ccc(-c4ccc(-c5cc(C#Cc6cc(C#C)cc(COCCCCCC)c6)cc(COC6CCCCO6)c5)cn4)nc3)c2)cc(COCCCCCC)c1. The lowest BCUT2D eigenvalue weighted by Gasteiger charge is -2.22. The number of terminal acetylenes is 2. The molecular weight excluding hydrogens is 937 g/mol. The first-order valence-electron chi connectivity index (χ1n) is 27.8. The summed E-state index contributed by atoms with van der Waals surface area (Å²) in [5.41, 5.74) is 14.6. The number of pyridine rings is 2. The fourth-order valence-corrected chi connectivity index (χ4v) is 9.11. The zero-order valence-corrected chi connectivity index (χ0v) is 45.3. The molecule has 0 radical (unpaired) electrons. The number of rotatable bonds is 27. The van der Waals surface area contributed by atoms with Crippen LogP contribution in [0.3, 0.4) is 0 Å². The maximum absolute atomic E-state index is 6.27. The molecule has 4 aromatic carbocycles. The molecule has 1 unspecified atom stereocenters. The molecule has 3 heterocycles. The Kier molecular flexibility index (Phi) is 23.9. The number of ether oxygens (including phenoxy) is 5. The minimum Gasteiger partial charge on any atom is -0.377 e. The first-order chi connectivity index (χ1) is 37.4. The molecule has 1 aliphatic heterocycles. The highest BCUT2D eigenvalue weighted by atomic mass is 16.7. The van der Waals surface area contributed by atoms with E-state index in [4.69, 9.17) is 46.5 Å². The van der Waals surface area contributed by atoms with Crippen molar-refractivity contribution in [3.05, 3.63) is 165 Å². The van der Waals surface area contributed by atoms with E-state index in [1.165, 1.54) is 57.8 Å². The Balaban J connectivity index is 1.10. The van der Waals surface area contributed by atoms with Crippen LogP contribution in [0.4, 0.5) is 0 Å². The van der Waals surface area contributed by atoms with Crippen LogP contribution in [-0.2, 0) is 50.1 Å². The number of aromatic nitrogens is 2. The number of nitrogens with zero attached hydrogens (tertiary/aromatic N) is 2. The van der Waals surface area contributed by atoms with Crippen molar-refractivity contribution in [1.29, 1.82) is 0 Å². The molecule has 7 nitrogen and oxygen atoms in total. The van der Waals surface area contributed by atoms with E-state index in [0.29, 0.717) is 26.4 Å². The fraction of sp³-hybridized carbons (Fsp3) is 0.391. The van der Waals surface area contributed by atoms with E-state index in [0.717, 1.165) is 154 Å². The second kappa shape index (κ2) is 32.0. The predicted molar refractivity (Wildman–Crippen MR) is 309 cm³/mol. The maximum Gasteiger partial charge on any atom is 0.158 e. The molecule has 0 amide bonds. The summed E-state index contributed by atoms with van der Waals surface area (Å²) in [6.07, 6.45) is 32.4. The second-order valence-corrected chi connectivity index (χ2v) is 19.8. The van der Waals surface area contributed by atoms with Gasteiger partial charge in [-0.3, -0.25) is 9.97 Å². The smallest absolute Gasteiger partial charge is 0.158 e. The van der Waals surface area contributed by atoms with Gasteiger partial charge in [0.25, 0.3) is 0 Å². The molecule has 0 N–H and O–H groups in total. The highest BCUT2D eigenvalue weighted by Gasteiger charge is 2.15. The van der Waals surface area contributed by atoms with Crippen LogP contribution in [0.1, 0.15) is 173 Å². The lowest BCUT2D eigenvalue weighted by molar-refractivity contribution is -0.168. The average molecular weight is 1010 g/mol. The summed E-state index contributed by atoms with van der Waals surface area (Å²) < 4.78 is 30.4. The molecule has 76 heavy (non-hydrogen) atoms. The Hall–Kier alpha value is -6.78. The molecule has 0 spiro atoms. The van der Waals surface area contributed by atoms with Crippen molar-refractivity contribution >= 4 is 0 Å². The van der Waals surface area contributed by atoms with Gasteiger partial charge in [0.05, 0.1) is 37.8 Å². The lowest BCUT2D eigenvalue weighted by atomic mass is 9.99. The third-order valence-corrected chi connectivity index (χ3v) is 13.3. The Morgan fingerprint density at radius 1 is 0.447 bits per heavy atom. The van der Waals surface area contributed by atoms with Gasteiger partial charge in [0.1, 0.15) is 0 Å². The van der Waals surface area contributed by atoms with Gasteiger partial charge in [0, 0.05) is 83.3 Å². The third kappa shape index (κ3) is 19.1. The molecule has 1 atom stereocenters. The minimum atomic E-state index is -0.211. The van der Waals surface area contributed by atoms with E-state index in [1.54, 1.807) is 0 Å². The van der Waals surface area contributed by atoms with E-state index in [1.807, 2.05) is 48.8 Å². The quantitative estimate of drug-likeness (QED) is 0.0376. The number of hydrogen-bond acceptors (Lipinski definition) is 7. The highest BCUT2D eigenvalue weighted by Crippen LogP contribution is 2.28. The van der Waals surface area contributed by atoms with Crippen LogP contribution in [-0.4, -0.2) is 42.7 Å². The number of benzene rings is 4. The summed E-state index contributed by atoms with van der Waals surface area (Å²) in [6.45, 7) is 11.5. The molecular formula is C69H76N2O5. The molecule has 0 saturated carbocycles. The topological polar surface area (TPSA) is 71.9 Å². The summed E-state index contributed by atoms with van der Waals surface area (Å²) in [6, 6.07) is 33.1. The van der Waals surface area contributed by atoms with Gasteiger partial charge in [-0.05, 0) is 157 Å². The van der Waals surface area contributed by atoms with Crippen LogP contribution in [0.25, 0.3) is 33.6 Å². The lowest BCUT2D eigenvalue weighted by Crippen LogP contribution is -2.22. The number of unbranched alkanes of at least 4 members (excludes halogenated alkanes) is 9. The van der Waals surface area contributed by atoms with E-state index in [9.17, 15) is 0 Å². The highest BCUT2D eigenvalue weighted by molar-refractivity contribution is 5.71. The summed E-state index contributed by atoms with van der Waals surface area (Å²) in [5, 5.41) is 0. The van der Waals surface area contributed by atoms with Gasteiger partial charge < -0.3 is 23.7 Å². The van der Waals surface area contributed by atoms with Crippen LogP contribution >= 0.6 is 0 Å². The Bertz CT molecular complexity index is 2970. The Labute approximate surface area is 454 Å². The van der Waals surface area contributed by atoms with Gasteiger partial charge in [-0.2, -0.15) is 0 Å². The van der Waals surface area contributed by atoms with E-state index < -0.39 is 0 Å². The van der Waals surface area contributed by atoms with Crippen LogP contribution < -0.4 is 0 Å². The second-order valence-electron chi connectivity index (χ2n) is 19.8. The van der Waals surface area contributed by atoms with Crippen LogP contribution in [0.2, 0.25) is 0 Å². The predicted octanol–water partition coefficient (Wildman–Crippen LogP) is 15.6. The molecule has 0 aliphatic carbocycles.